The number of hydrogen-bond acceptors (Lipinski definition) is 3. The molecule has 1 saturated heterocycles. The van der Waals surface area contributed by atoms with Gasteiger partial charge in [0.15, 0.2) is 0 Å². The number of carbonyl (C=O) groups is 2. The summed E-state index contributed by atoms with van der Waals surface area (Å²) in [6, 6.07) is -0.146. The fraction of sp³-hybridized carbons (Fsp3) is 0.714. The van der Waals surface area contributed by atoms with Crippen LogP contribution in [0.1, 0.15) is 13.3 Å². The molecule has 0 bridgehead atoms. The molecule has 0 amide bonds. The minimum Gasteiger partial charge on any atom is -0.298 e. The molecular weight excluding hydrogens is 130 g/mol. The third-order valence-electron chi connectivity index (χ3n) is 1.85. The van der Waals surface area contributed by atoms with E-state index in [2.05, 4.69) is 0 Å². The van der Waals surface area contributed by atoms with Crippen LogP contribution in [0.5, 0.6) is 0 Å². The van der Waals surface area contributed by atoms with Crippen LogP contribution in [0.4, 0.5) is 0 Å². The van der Waals surface area contributed by atoms with Crippen LogP contribution in [0.3, 0.4) is 0 Å². The predicted octanol–water partition coefficient (Wildman–Crippen LogP) is -0.151. The van der Waals surface area contributed by atoms with E-state index in [-0.39, 0.29) is 17.6 Å². The van der Waals surface area contributed by atoms with Crippen molar-refractivity contribution in [2.24, 2.45) is 0 Å². The van der Waals surface area contributed by atoms with Crippen molar-refractivity contribution in [1.82, 2.24) is 4.90 Å². The van der Waals surface area contributed by atoms with Gasteiger partial charge >= 0.3 is 0 Å². The number of ketones is 2. The second-order valence-electron chi connectivity index (χ2n) is 2.78. The summed E-state index contributed by atoms with van der Waals surface area (Å²) in [5, 5.41) is 0. The van der Waals surface area contributed by atoms with Crippen LogP contribution >= 0.6 is 0 Å². The zero-order valence-corrected chi connectivity index (χ0v) is 6.26. The molecule has 1 fully saturated rings. The van der Waals surface area contributed by atoms with Crippen molar-refractivity contribution in [1.29, 1.82) is 0 Å². The summed E-state index contributed by atoms with van der Waals surface area (Å²) < 4.78 is 0. The number of hydrogen-bond donors (Lipinski definition) is 0. The van der Waals surface area contributed by atoms with Crippen LogP contribution in [-0.4, -0.2) is 36.1 Å². The number of Topliss-reactive ketones (excluding diaryl/α,β-unsaturated/α-hetero) is 2. The van der Waals surface area contributed by atoms with Gasteiger partial charge in [0.1, 0.15) is 11.6 Å². The molecule has 0 unspecified atom stereocenters. The first-order chi connectivity index (χ1) is 4.61. The van der Waals surface area contributed by atoms with Gasteiger partial charge in [-0.25, -0.2) is 0 Å². The molecule has 10 heavy (non-hydrogen) atoms. The Bertz CT molecular complexity index is 176. The summed E-state index contributed by atoms with van der Waals surface area (Å²) in [7, 11) is 1.80. The van der Waals surface area contributed by atoms with E-state index >= 15 is 0 Å². The van der Waals surface area contributed by atoms with Gasteiger partial charge in [-0.1, -0.05) is 0 Å². The van der Waals surface area contributed by atoms with E-state index in [9.17, 15) is 9.59 Å². The highest BCUT2D eigenvalue weighted by atomic mass is 16.1. The SMILES string of the molecule is CC(=O)[C@@H]1CC(=O)CN1C. The fourth-order valence-corrected chi connectivity index (χ4v) is 1.28. The standard InChI is InChI=1S/C7H11NO2/c1-5(9)7-3-6(10)4-8(7)2/h7H,3-4H2,1-2H3/t7-/m0/s1. The van der Waals surface area contributed by atoms with E-state index < -0.39 is 0 Å². The highest BCUT2D eigenvalue weighted by molar-refractivity contribution is 5.93. The van der Waals surface area contributed by atoms with Crippen molar-refractivity contribution >= 4 is 11.6 Å². The number of likely N-dealkylation sites (tertiary alicyclic amines) is 1. The van der Waals surface area contributed by atoms with Crippen molar-refractivity contribution in [3.8, 4) is 0 Å². The van der Waals surface area contributed by atoms with E-state index in [1.807, 2.05) is 0 Å². The van der Waals surface area contributed by atoms with Gasteiger partial charge < -0.3 is 0 Å². The first kappa shape index (κ1) is 7.41. The van der Waals surface area contributed by atoms with Crippen molar-refractivity contribution in [3.05, 3.63) is 0 Å². The maximum atomic E-state index is 10.8. The Kier molecular flexibility index (Phi) is 1.85. The lowest BCUT2D eigenvalue weighted by molar-refractivity contribution is -0.121. The van der Waals surface area contributed by atoms with Gasteiger partial charge in [0.2, 0.25) is 0 Å². The molecule has 0 N–H and O–H groups in total. The lowest BCUT2D eigenvalue weighted by Gasteiger charge is -2.13. The summed E-state index contributed by atoms with van der Waals surface area (Å²) in [6.07, 6.45) is 0.409. The van der Waals surface area contributed by atoms with E-state index in [0.29, 0.717) is 13.0 Å². The smallest absolute Gasteiger partial charge is 0.148 e. The van der Waals surface area contributed by atoms with E-state index in [0.717, 1.165) is 0 Å². The normalized spacial score (nSPS) is 27.4. The number of carbonyl (C=O) groups excluding carboxylic acids is 2. The fourth-order valence-electron chi connectivity index (χ4n) is 1.28. The molecule has 3 heteroatoms. The van der Waals surface area contributed by atoms with Crippen LogP contribution in [-0.2, 0) is 9.59 Å². The average molecular weight is 141 g/mol. The lowest BCUT2D eigenvalue weighted by Crippen LogP contribution is -2.30. The molecule has 0 aliphatic carbocycles. The van der Waals surface area contributed by atoms with E-state index in [1.54, 1.807) is 11.9 Å². The van der Waals surface area contributed by atoms with Gasteiger partial charge in [-0.15, -0.1) is 0 Å². The van der Waals surface area contributed by atoms with Crippen LogP contribution < -0.4 is 0 Å². The molecular formula is C7H11NO2. The van der Waals surface area contributed by atoms with Gasteiger partial charge in [0.05, 0.1) is 12.6 Å². The van der Waals surface area contributed by atoms with Gasteiger partial charge in [-0.3, -0.25) is 14.5 Å². The van der Waals surface area contributed by atoms with Gasteiger partial charge in [0, 0.05) is 6.42 Å². The Morgan fingerprint density at radius 1 is 1.70 bits per heavy atom. The van der Waals surface area contributed by atoms with Crippen LogP contribution in [0.25, 0.3) is 0 Å². The Morgan fingerprint density at radius 3 is 2.50 bits per heavy atom. The molecule has 0 saturated carbocycles. The molecule has 1 rings (SSSR count). The molecule has 56 valence electrons. The van der Waals surface area contributed by atoms with Crippen molar-refractivity contribution in [3.63, 3.8) is 0 Å². The minimum absolute atomic E-state index is 0.0911. The van der Waals surface area contributed by atoms with Crippen molar-refractivity contribution in [2.75, 3.05) is 13.6 Å². The maximum Gasteiger partial charge on any atom is 0.148 e. The monoisotopic (exact) mass is 141 g/mol. The number of nitrogens with zero attached hydrogens (tertiary/aromatic N) is 1. The topological polar surface area (TPSA) is 37.4 Å². The first-order valence-corrected chi connectivity index (χ1v) is 3.33. The number of rotatable bonds is 1. The second-order valence-corrected chi connectivity index (χ2v) is 2.78. The largest absolute Gasteiger partial charge is 0.298 e. The van der Waals surface area contributed by atoms with Gasteiger partial charge in [-0.05, 0) is 14.0 Å². The number of likely N-dealkylation sites (N-methyl/N-ethyl adjacent to an activating group) is 1. The molecule has 1 heterocycles. The highest BCUT2D eigenvalue weighted by Crippen LogP contribution is 2.11. The zero-order chi connectivity index (χ0) is 7.72. The third-order valence-corrected chi connectivity index (χ3v) is 1.85. The highest BCUT2D eigenvalue weighted by Gasteiger charge is 2.30. The zero-order valence-electron chi connectivity index (χ0n) is 6.26. The Labute approximate surface area is 60.0 Å². The van der Waals surface area contributed by atoms with Crippen molar-refractivity contribution in [2.45, 2.75) is 19.4 Å². The second kappa shape index (κ2) is 2.50. The van der Waals surface area contributed by atoms with Crippen LogP contribution in [0.2, 0.25) is 0 Å². The van der Waals surface area contributed by atoms with Crippen LogP contribution in [0.15, 0.2) is 0 Å². The van der Waals surface area contributed by atoms with Crippen molar-refractivity contribution < 1.29 is 9.59 Å². The lowest BCUT2D eigenvalue weighted by atomic mass is 10.1. The quantitative estimate of drug-likeness (QED) is 0.509. The minimum atomic E-state index is -0.146. The molecule has 1 atom stereocenters. The van der Waals surface area contributed by atoms with Gasteiger partial charge in [-0.2, -0.15) is 0 Å². The van der Waals surface area contributed by atoms with Gasteiger partial charge in [0.25, 0.3) is 0 Å². The summed E-state index contributed by atoms with van der Waals surface area (Å²) in [5.41, 5.74) is 0. The predicted molar refractivity (Wildman–Crippen MR) is 36.7 cm³/mol. The Hall–Kier alpha value is -0.700. The van der Waals surface area contributed by atoms with E-state index in [4.69, 9.17) is 0 Å². The molecule has 0 aromatic rings. The van der Waals surface area contributed by atoms with E-state index in [1.165, 1.54) is 6.92 Å². The molecule has 0 spiro atoms. The first-order valence-electron chi connectivity index (χ1n) is 3.33. The Balaban J connectivity index is 2.63. The molecule has 0 aromatic carbocycles. The summed E-state index contributed by atoms with van der Waals surface area (Å²) in [6.45, 7) is 1.96. The molecule has 0 aromatic heterocycles. The average Bonchev–Trinajstić information content (AvgIpc) is 2.10. The molecule has 0 radical (unpaired) electrons. The molecule has 3 nitrogen and oxygen atoms in total. The molecule has 1 aliphatic rings. The maximum absolute atomic E-state index is 10.8. The Morgan fingerprint density at radius 2 is 2.30 bits per heavy atom. The molecule has 1 aliphatic heterocycles. The summed E-state index contributed by atoms with van der Waals surface area (Å²) in [5.74, 6) is 0.260. The third kappa shape index (κ3) is 1.24. The van der Waals surface area contributed by atoms with Crippen LogP contribution in [0, 0.1) is 0 Å². The summed E-state index contributed by atoms with van der Waals surface area (Å²) >= 11 is 0. The summed E-state index contributed by atoms with van der Waals surface area (Å²) in [4.78, 5) is 23.4.